The number of carbonyl (C=O) groups is 1. The number of benzene rings is 2. The number of ether oxygens (including phenoxy) is 1. The molecule has 1 aromatic heterocycles. The van der Waals surface area contributed by atoms with Gasteiger partial charge in [-0.3, -0.25) is 0 Å². The van der Waals surface area contributed by atoms with Crippen molar-refractivity contribution in [2.24, 2.45) is 5.92 Å². The summed E-state index contributed by atoms with van der Waals surface area (Å²) in [7, 11) is 1.29. The van der Waals surface area contributed by atoms with E-state index < -0.39 is 17.7 Å². The van der Waals surface area contributed by atoms with Gasteiger partial charge in [-0.2, -0.15) is 13.2 Å². The number of nitrogens with zero attached hydrogens (tertiary/aromatic N) is 1. The number of fused-ring (bicyclic) bond motifs is 1. The number of hydrogen-bond acceptors (Lipinski definition) is 3. The Labute approximate surface area is 160 Å². The zero-order valence-corrected chi connectivity index (χ0v) is 15.8. The van der Waals surface area contributed by atoms with Crippen molar-refractivity contribution < 1.29 is 22.7 Å². The maximum absolute atomic E-state index is 13.1. The van der Waals surface area contributed by atoms with Crippen molar-refractivity contribution in [2.45, 2.75) is 26.6 Å². The molecule has 0 radical (unpaired) electrons. The summed E-state index contributed by atoms with van der Waals surface area (Å²) in [6.07, 6.45) is -4.45. The minimum absolute atomic E-state index is 0.243. The van der Waals surface area contributed by atoms with Gasteiger partial charge in [-0.15, -0.1) is 0 Å². The number of carbonyl (C=O) groups excluding carboxylic acids is 1. The molecule has 3 aromatic rings. The number of hydrogen-bond donors (Lipinski definition) is 1. The molecular weight excluding hydrogens is 369 g/mol. The molecule has 0 bridgehead atoms. The Morgan fingerprint density at radius 2 is 1.86 bits per heavy atom. The SMILES string of the molecule is COC(=O)c1c(Nc2cccc(C(F)(F)F)c2)c2ccccc2n1CC(C)C. The Balaban J connectivity index is 2.19. The second-order valence-corrected chi connectivity index (χ2v) is 6.94. The van der Waals surface area contributed by atoms with Crippen LogP contribution in [0.1, 0.15) is 29.9 Å². The van der Waals surface area contributed by atoms with Crippen LogP contribution in [-0.2, 0) is 17.5 Å². The Morgan fingerprint density at radius 1 is 1.14 bits per heavy atom. The highest BCUT2D eigenvalue weighted by Crippen LogP contribution is 2.36. The van der Waals surface area contributed by atoms with E-state index in [2.05, 4.69) is 5.32 Å². The number of anilines is 2. The van der Waals surface area contributed by atoms with Gasteiger partial charge in [0, 0.05) is 17.6 Å². The van der Waals surface area contributed by atoms with Gasteiger partial charge >= 0.3 is 12.1 Å². The van der Waals surface area contributed by atoms with E-state index >= 15 is 0 Å². The predicted molar refractivity (Wildman–Crippen MR) is 103 cm³/mol. The van der Waals surface area contributed by atoms with Gasteiger partial charge in [0.15, 0.2) is 5.69 Å². The lowest BCUT2D eigenvalue weighted by Gasteiger charge is -2.14. The first-order valence-electron chi connectivity index (χ1n) is 8.86. The molecule has 1 N–H and O–H groups in total. The molecule has 0 aliphatic heterocycles. The van der Waals surface area contributed by atoms with Crippen molar-refractivity contribution >= 4 is 28.2 Å². The van der Waals surface area contributed by atoms with Crippen molar-refractivity contribution in [3.05, 3.63) is 59.8 Å². The summed E-state index contributed by atoms with van der Waals surface area (Å²) in [6, 6.07) is 12.3. The number of para-hydroxylation sites is 1. The first kappa shape index (κ1) is 19.8. The van der Waals surface area contributed by atoms with Crippen molar-refractivity contribution in [3.63, 3.8) is 0 Å². The lowest BCUT2D eigenvalue weighted by molar-refractivity contribution is -0.137. The van der Waals surface area contributed by atoms with E-state index in [4.69, 9.17) is 4.74 Å². The lowest BCUT2D eigenvalue weighted by atomic mass is 10.1. The van der Waals surface area contributed by atoms with Crippen molar-refractivity contribution in [3.8, 4) is 0 Å². The number of alkyl halides is 3. The van der Waals surface area contributed by atoms with E-state index in [0.29, 0.717) is 12.2 Å². The summed E-state index contributed by atoms with van der Waals surface area (Å²) in [5, 5.41) is 3.75. The van der Waals surface area contributed by atoms with Gasteiger partial charge < -0.3 is 14.6 Å². The van der Waals surface area contributed by atoms with Crippen molar-refractivity contribution in [2.75, 3.05) is 12.4 Å². The average molecular weight is 390 g/mol. The summed E-state index contributed by atoms with van der Waals surface area (Å²) >= 11 is 0. The molecule has 0 unspecified atom stereocenters. The molecule has 2 aromatic carbocycles. The van der Waals surface area contributed by atoms with E-state index in [1.807, 2.05) is 42.7 Å². The monoisotopic (exact) mass is 390 g/mol. The summed E-state index contributed by atoms with van der Waals surface area (Å²) in [6.45, 7) is 4.61. The molecule has 0 saturated carbocycles. The summed E-state index contributed by atoms with van der Waals surface area (Å²) in [5.41, 5.74) is 1.01. The van der Waals surface area contributed by atoms with E-state index in [1.165, 1.54) is 19.2 Å². The third-order valence-electron chi connectivity index (χ3n) is 4.36. The molecular formula is C21H21F3N2O2. The fourth-order valence-corrected chi connectivity index (χ4v) is 3.21. The second kappa shape index (κ2) is 7.58. The number of esters is 1. The van der Waals surface area contributed by atoms with Crippen LogP contribution in [-0.4, -0.2) is 17.6 Å². The van der Waals surface area contributed by atoms with Crippen molar-refractivity contribution in [1.29, 1.82) is 0 Å². The maximum Gasteiger partial charge on any atom is 0.416 e. The quantitative estimate of drug-likeness (QED) is 0.556. The van der Waals surface area contributed by atoms with Crippen LogP contribution in [0.5, 0.6) is 0 Å². The normalized spacial score (nSPS) is 11.8. The zero-order valence-electron chi connectivity index (χ0n) is 15.8. The van der Waals surface area contributed by atoms with Gasteiger partial charge in [0.25, 0.3) is 0 Å². The average Bonchev–Trinajstić information content (AvgIpc) is 2.94. The Hall–Kier alpha value is -2.96. The molecule has 148 valence electrons. The number of nitrogens with one attached hydrogen (secondary N) is 1. The standard InChI is InChI=1S/C21H21F3N2O2/c1-13(2)12-26-17-10-5-4-9-16(17)18(19(26)20(27)28-3)25-15-8-6-7-14(11-15)21(22,23)24/h4-11,13,25H,12H2,1-3H3. The minimum Gasteiger partial charge on any atom is -0.464 e. The third kappa shape index (κ3) is 3.83. The molecule has 3 rings (SSSR count). The van der Waals surface area contributed by atoms with E-state index in [9.17, 15) is 18.0 Å². The Bertz CT molecular complexity index is 1010. The molecule has 4 nitrogen and oxygen atoms in total. The van der Waals surface area contributed by atoms with Crippen LogP contribution in [0, 0.1) is 5.92 Å². The molecule has 0 aliphatic rings. The Morgan fingerprint density at radius 3 is 2.50 bits per heavy atom. The van der Waals surface area contributed by atoms with Crippen LogP contribution in [0.15, 0.2) is 48.5 Å². The number of halogens is 3. The molecule has 0 spiro atoms. The largest absolute Gasteiger partial charge is 0.464 e. The first-order chi connectivity index (χ1) is 13.2. The van der Waals surface area contributed by atoms with Gasteiger partial charge in [0.05, 0.1) is 23.9 Å². The van der Waals surface area contributed by atoms with Crippen LogP contribution in [0.3, 0.4) is 0 Å². The van der Waals surface area contributed by atoms with Crippen LogP contribution in [0.2, 0.25) is 0 Å². The molecule has 0 fully saturated rings. The van der Waals surface area contributed by atoms with Gasteiger partial charge in [0.1, 0.15) is 0 Å². The topological polar surface area (TPSA) is 43.3 Å². The second-order valence-electron chi connectivity index (χ2n) is 6.94. The van der Waals surface area contributed by atoms with Crippen LogP contribution < -0.4 is 5.32 Å². The molecule has 28 heavy (non-hydrogen) atoms. The minimum atomic E-state index is -4.45. The van der Waals surface area contributed by atoms with Gasteiger partial charge in [-0.1, -0.05) is 38.1 Å². The first-order valence-corrected chi connectivity index (χ1v) is 8.86. The third-order valence-corrected chi connectivity index (χ3v) is 4.36. The number of methoxy groups -OCH3 is 1. The van der Waals surface area contributed by atoms with E-state index in [0.717, 1.165) is 23.0 Å². The summed E-state index contributed by atoms with van der Waals surface area (Å²) in [5.74, 6) is -0.299. The smallest absolute Gasteiger partial charge is 0.416 e. The van der Waals surface area contributed by atoms with Crippen molar-refractivity contribution in [1.82, 2.24) is 4.57 Å². The molecule has 0 aliphatic carbocycles. The summed E-state index contributed by atoms with van der Waals surface area (Å²) < 4.78 is 46.0. The number of aromatic nitrogens is 1. The molecule has 7 heteroatoms. The summed E-state index contributed by atoms with van der Waals surface area (Å²) in [4.78, 5) is 12.6. The molecule has 0 atom stereocenters. The molecule has 0 saturated heterocycles. The van der Waals surface area contributed by atoms with Crippen LogP contribution >= 0.6 is 0 Å². The maximum atomic E-state index is 13.1. The lowest BCUT2D eigenvalue weighted by Crippen LogP contribution is -2.15. The van der Waals surface area contributed by atoms with Crippen LogP contribution in [0.25, 0.3) is 10.9 Å². The highest BCUT2D eigenvalue weighted by atomic mass is 19.4. The highest BCUT2D eigenvalue weighted by Gasteiger charge is 2.31. The molecule has 0 amide bonds. The van der Waals surface area contributed by atoms with E-state index in [-0.39, 0.29) is 17.3 Å². The zero-order chi connectivity index (χ0) is 20.5. The predicted octanol–water partition coefficient (Wildman–Crippen LogP) is 5.85. The molecule has 1 heterocycles. The fourth-order valence-electron chi connectivity index (χ4n) is 3.21. The Kier molecular flexibility index (Phi) is 5.36. The van der Waals surface area contributed by atoms with Gasteiger partial charge in [-0.05, 0) is 30.2 Å². The fraction of sp³-hybridized carbons (Fsp3) is 0.286. The highest BCUT2D eigenvalue weighted by molar-refractivity contribution is 6.08. The van der Waals surface area contributed by atoms with Crippen LogP contribution in [0.4, 0.5) is 24.5 Å². The van der Waals surface area contributed by atoms with E-state index in [1.54, 1.807) is 0 Å². The van der Waals surface area contributed by atoms with Gasteiger partial charge in [-0.25, -0.2) is 4.79 Å². The van der Waals surface area contributed by atoms with Gasteiger partial charge in [0.2, 0.25) is 0 Å². The number of rotatable bonds is 5.